The normalized spacial score (nSPS) is 11.1. The molecule has 0 radical (unpaired) electrons. The Morgan fingerprint density at radius 3 is 1.83 bits per heavy atom. The lowest BCUT2D eigenvalue weighted by Crippen LogP contribution is -2.14. The summed E-state index contributed by atoms with van der Waals surface area (Å²) in [7, 11) is 0. The standard InChI is InChI=1S/C25H21F3N6O/c1-15-3-6-18(7-4-15)32-22-13-23(31-16(2)30-22)33-19-8-10-20(11-9-19)34-24(35)17-5-12-21(29-14-17)25(26,27)28/h3-14H,1-2H3,(H,34,35)(H2,30,31,32,33). The summed E-state index contributed by atoms with van der Waals surface area (Å²) in [5.41, 5.74) is 2.22. The van der Waals surface area contributed by atoms with E-state index in [2.05, 4.69) is 30.9 Å². The number of nitrogens with zero attached hydrogens (tertiary/aromatic N) is 3. The molecular weight excluding hydrogens is 457 g/mol. The number of nitrogens with one attached hydrogen (secondary N) is 3. The summed E-state index contributed by atoms with van der Waals surface area (Å²) < 4.78 is 37.9. The van der Waals surface area contributed by atoms with E-state index >= 15 is 0 Å². The highest BCUT2D eigenvalue weighted by molar-refractivity contribution is 6.04. The second-order valence-corrected chi connectivity index (χ2v) is 7.76. The zero-order valence-corrected chi connectivity index (χ0v) is 18.8. The van der Waals surface area contributed by atoms with Crippen molar-refractivity contribution in [2.24, 2.45) is 0 Å². The van der Waals surface area contributed by atoms with Crippen molar-refractivity contribution >= 4 is 34.6 Å². The molecule has 0 spiro atoms. The van der Waals surface area contributed by atoms with Crippen LogP contribution in [0.2, 0.25) is 0 Å². The molecule has 3 N–H and O–H groups in total. The lowest BCUT2D eigenvalue weighted by atomic mass is 10.2. The molecular formula is C25H21F3N6O. The van der Waals surface area contributed by atoms with Gasteiger partial charge in [-0.3, -0.25) is 9.78 Å². The first kappa shape index (κ1) is 23.7. The molecule has 2 aromatic carbocycles. The van der Waals surface area contributed by atoms with Gasteiger partial charge in [0, 0.05) is 29.3 Å². The van der Waals surface area contributed by atoms with Crippen LogP contribution in [0.4, 0.5) is 41.9 Å². The van der Waals surface area contributed by atoms with Crippen LogP contribution < -0.4 is 16.0 Å². The van der Waals surface area contributed by atoms with Gasteiger partial charge in [0.25, 0.3) is 5.91 Å². The average molecular weight is 478 g/mol. The highest BCUT2D eigenvalue weighted by Gasteiger charge is 2.32. The number of carbonyl (C=O) groups excluding carboxylic acids is 1. The Labute approximate surface area is 199 Å². The molecule has 0 aliphatic rings. The molecule has 0 unspecified atom stereocenters. The van der Waals surface area contributed by atoms with Crippen LogP contribution in [0, 0.1) is 13.8 Å². The largest absolute Gasteiger partial charge is 0.433 e. The maximum atomic E-state index is 12.6. The zero-order valence-electron chi connectivity index (χ0n) is 18.8. The van der Waals surface area contributed by atoms with Gasteiger partial charge < -0.3 is 16.0 Å². The number of benzene rings is 2. The van der Waals surface area contributed by atoms with Gasteiger partial charge >= 0.3 is 6.18 Å². The van der Waals surface area contributed by atoms with Crippen LogP contribution in [0.1, 0.15) is 27.4 Å². The number of aryl methyl sites for hydroxylation is 2. The minimum atomic E-state index is -4.56. The van der Waals surface area contributed by atoms with Crippen molar-refractivity contribution in [2.75, 3.05) is 16.0 Å². The minimum Gasteiger partial charge on any atom is -0.340 e. The first-order valence-corrected chi connectivity index (χ1v) is 10.6. The number of aromatic nitrogens is 3. The summed E-state index contributed by atoms with van der Waals surface area (Å²) in [6.45, 7) is 3.81. The molecule has 2 heterocycles. The molecule has 0 aliphatic heterocycles. The van der Waals surface area contributed by atoms with Gasteiger partial charge in [0.1, 0.15) is 23.2 Å². The van der Waals surface area contributed by atoms with Crippen LogP contribution in [-0.2, 0) is 6.18 Å². The summed E-state index contributed by atoms with van der Waals surface area (Å²) in [5.74, 6) is 1.24. The number of carbonyl (C=O) groups is 1. The second-order valence-electron chi connectivity index (χ2n) is 7.76. The van der Waals surface area contributed by atoms with Crippen LogP contribution in [0.3, 0.4) is 0 Å². The number of alkyl halides is 3. The predicted octanol–water partition coefficient (Wildman–Crippen LogP) is 6.25. The van der Waals surface area contributed by atoms with Crippen molar-refractivity contribution < 1.29 is 18.0 Å². The SMILES string of the molecule is Cc1ccc(Nc2cc(Nc3ccc(NC(=O)c4ccc(C(F)(F)F)nc4)cc3)nc(C)n2)cc1. The summed E-state index contributed by atoms with van der Waals surface area (Å²) in [5, 5.41) is 9.08. The summed E-state index contributed by atoms with van der Waals surface area (Å²) in [6.07, 6.45) is -3.66. The van der Waals surface area contributed by atoms with Crippen LogP contribution in [-0.4, -0.2) is 20.9 Å². The third kappa shape index (κ3) is 6.32. The second kappa shape index (κ2) is 9.80. The Morgan fingerprint density at radius 1 is 0.771 bits per heavy atom. The molecule has 2 aromatic heterocycles. The molecule has 0 bridgehead atoms. The average Bonchev–Trinajstić information content (AvgIpc) is 2.81. The third-order valence-electron chi connectivity index (χ3n) is 4.89. The van der Waals surface area contributed by atoms with E-state index < -0.39 is 17.8 Å². The lowest BCUT2D eigenvalue weighted by Gasteiger charge is -2.11. The number of hydrogen-bond acceptors (Lipinski definition) is 6. The smallest absolute Gasteiger partial charge is 0.340 e. The summed E-state index contributed by atoms with van der Waals surface area (Å²) in [4.78, 5) is 24.4. The molecule has 0 atom stereocenters. The number of amides is 1. The van der Waals surface area contributed by atoms with Crippen molar-refractivity contribution in [3.05, 3.63) is 95.6 Å². The van der Waals surface area contributed by atoms with Gasteiger partial charge in [-0.1, -0.05) is 17.7 Å². The van der Waals surface area contributed by atoms with E-state index in [1.165, 1.54) is 0 Å². The van der Waals surface area contributed by atoms with Crippen LogP contribution in [0.25, 0.3) is 0 Å². The molecule has 0 saturated heterocycles. The van der Waals surface area contributed by atoms with E-state index in [0.29, 0.717) is 23.1 Å². The number of halogens is 3. The monoisotopic (exact) mass is 478 g/mol. The Morgan fingerprint density at radius 2 is 1.31 bits per heavy atom. The fourth-order valence-electron chi connectivity index (χ4n) is 3.16. The van der Waals surface area contributed by atoms with Gasteiger partial charge in [0.15, 0.2) is 0 Å². The van der Waals surface area contributed by atoms with E-state index in [0.717, 1.165) is 35.3 Å². The van der Waals surface area contributed by atoms with Crippen molar-refractivity contribution in [3.8, 4) is 0 Å². The number of anilines is 5. The van der Waals surface area contributed by atoms with E-state index in [-0.39, 0.29) is 5.56 Å². The summed E-state index contributed by atoms with van der Waals surface area (Å²) >= 11 is 0. The highest BCUT2D eigenvalue weighted by Crippen LogP contribution is 2.27. The van der Waals surface area contributed by atoms with Gasteiger partial charge in [0.05, 0.1) is 5.56 Å². The maximum absolute atomic E-state index is 12.6. The van der Waals surface area contributed by atoms with E-state index in [9.17, 15) is 18.0 Å². The number of rotatable bonds is 6. The third-order valence-corrected chi connectivity index (χ3v) is 4.89. The first-order chi connectivity index (χ1) is 16.7. The molecule has 178 valence electrons. The Kier molecular flexibility index (Phi) is 6.63. The number of hydrogen-bond donors (Lipinski definition) is 3. The molecule has 0 fully saturated rings. The predicted molar refractivity (Wildman–Crippen MR) is 128 cm³/mol. The Hall–Kier alpha value is -4.47. The Balaban J connectivity index is 1.40. The fourth-order valence-corrected chi connectivity index (χ4v) is 3.16. The van der Waals surface area contributed by atoms with Crippen LogP contribution in [0.15, 0.2) is 72.9 Å². The fraction of sp³-hybridized carbons (Fsp3) is 0.120. The zero-order chi connectivity index (χ0) is 25.0. The van der Waals surface area contributed by atoms with Gasteiger partial charge in [-0.15, -0.1) is 0 Å². The molecule has 35 heavy (non-hydrogen) atoms. The molecule has 0 saturated carbocycles. The molecule has 4 aromatic rings. The molecule has 10 heteroatoms. The van der Waals surface area contributed by atoms with Crippen LogP contribution >= 0.6 is 0 Å². The highest BCUT2D eigenvalue weighted by atomic mass is 19.4. The molecule has 1 amide bonds. The van der Waals surface area contributed by atoms with Crippen molar-refractivity contribution in [3.63, 3.8) is 0 Å². The van der Waals surface area contributed by atoms with E-state index in [4.69, 9.17) is 0 Å². The van der Waals surface area contributed by atoms with E-state index in [1.54, 1.807) is 37.3 Å². The minimum absolute atomic E-state index is 0.0188. The topological polar surface area (TPSA) is 91.8 Å². The van der Waals surface area contributed by atoms with Gasteiger partial charge in [-0.05, 0) is 62.4 Å². The van der Waals surface area contributed by atoms with Gasteiger partial charge in [-0.25, -0.2) is 9.97 Å². The quantitative estimate of drug-likeness (QED) is 0.304. The van der Waals surface area contributed by atoms with Gasteiger partial charge in [0.2, 0.25) is 0 Å². The molecule has 4 rings (SSSR count). The molecule has 7 nitrogen and oxygen atoms in total. The summed E-state index contributed by atoms with van der Waals surface area (Å²) in [6, 6.07) is 18.4. The van der Waals surface area contributed by atoms with Crippen molar-refractivity contribution in [1.82, 2.24) is 15.0 Å². The first-order valence-electron chi connectivity index (χ1n) is 10.6. The lowest BCUT2D eigenvalue weighted by molar-refractivity contribution is -0.141. The maximum Gasteiger partial charge on any atom is 0.433 e. The van der Waals surface area contributed by atoms with E-state index in [1.807, 2.05) is 31.2 Å². The number of pyridine rings is 1. The van der Waals surface area contributed by atoms with Crippen LogP contribution in [0.5, 0.6) is 0 Å². The Bertz CT molecular complexity index is 1320. The molecule has 0 aliphatic carbocycles. The van der Waals surface area contributed by atoms with Gasteiger partial charge in [-0.2, -0.15) is 13.2 Å². The van der Waals surface area contributed by atoms with Crippen molar-refractivity contribution in [1.29, 1.82) is 0 Å². The van der Waals surface area contributed by atoms with Crippen molar-refractivity contribution in [2.45, 2.75) is 20.0 Å².